The fraction of sp³-hybridized carbons (Fsp3) is 0.500. The molecule has 1 aromatic carbocycles. The van der Waals surface area contributed by atoms with Crippen molar-refractivity contribution >= 4 is 6.08 Å². The summed E-state index contributed by atoms with van der Waals surface area (Å²) in [6, 6.07) is 5.78. The van der Waals surface area contributed by atoms with E-state index in [-0.39, 0.29) is 5.82 Å². The van der Waals surface area contributed by atoms with Crippen LogP contribution in [0.2, 0.25) is 0 Å². The minimum absolute atomic E-state index is 0.291. The number of rotatable bonds is 6. The van der Waals surface area contributed by atoms with Crippen LogP contribution in [-0.2, 0) is 0 Å². The topological polar surface area (TPSA) is 21.3 Å². The summed E-state index contributed by atoms with van der Waals surface area (Å²) in [7, 11) is 1.48. The van der Waals surface area contributed by atoms with Gasteiger partial charge in [0.15, 0.2) is 11.6 Å². The van der Waals surface area contributed by atoms with Gasteiger partial charge in [-0.05, 0) is 36.5 Å². The molecule has 0 unspecified atom stereocenters. The minimum atomic E-state index is -0.311. The normalized spacial score (nSPS) is 15.9. The highest BCUT2D eigenvalue weighted by Gasteiger charge is 2.20. The van der Waals surface area contributed by atoms with E-state index in [0.29, 0.717) is 17.7 Å². The molecule has 1 saturated carbocycles. The van der Waals surface area contributed by atoms with Crippen molar-refractivity contribution in [1.82, 2.24) is 5.32 Å². The molecule has 2 nitrogen and oxygen atoms in total. The number of methoxy groups -OCH3 is 1. The summed E-state index contributed by atoms with van der Waals surface area (Å²) < 4.78 is 18.6. The number of ether oxygens (including phenoxy) is 1. The molecule has 0 bridgehead atoms. The van der Waals surface area contributed by atoms with Crippen molar-refractivity contribution in [2.45, 2.75) is 32.7 Å². The lowest BCUT2D eigenvalue weighted by molar-refractivity contribution is 0.386. The van der Waals surface area contributed by atoms with Crippen LogP contribution < -0.4 is 10.1 Å². The average molecular weight is 263 g/mol. The molecule has 0 aromatic heterocycles. The zero-order valence-electron chi connectivity index (χ0n) is 11.9. The first-order valence-electron chi connectivity index (χ1n) is 6.87. The Kier molecular flexibility index (Phi) is 4.59. The Morgan fingerprint density at radius 2 is 2.21 bits per heavy atom. The van der Waals surface area contributed by atoms with Crippen molar-refractivity contribution in [3.05, 3.63) is 35.2 Å². The van der Waals surface area contributed by atoms with Crippen LogP contribution in [0.1, 0.15) is 32.3 Å². The maximum absolute atomic E-state index is 13.7. The van der Waals surface area contributed by atoms with Gasteiger partial charge >= 0.3 is 0 Å². The molecular formula is C16H22FNO. The standard InChI is InChI=1S/C16H22FNO/c1-11(2)13(10-18-14-5-6-14)8-12-4-7-16(19-3)15(17)9-12/h4,7-9,11,14,18H,5-6,10H2,1-3H3. The minimum Gasteiger partial charge on any atom is -0.494 e. The van der Waals surface area contributed by atoms with E-state index in [4.69, 9.17) is 4.74 Å². The maximum Gasteiger partial charge on any atom is 0.165 e. The highest BCUT2D eigenvalue weighted by atomic mass is 19.1. The fourth-order valence-electron chi connectivity index (χ4n) is 1.96. The number of hydrogen-bond donors (Lipinski definition) is 1. The van der Waals surface area contributed by atoms with Crippen molar-refractivity contribution in [2.75, 3.05) is 13.7 Å². The Bertz CT molecular complexity index is 464. The molecule has 3 heteroatoms. The van der Waals surface area contributed by atoms with Gasteiger partial charge in [-0.15, -0.1) is 0 Å². The Morgan fingerprint density at radius 1 is 1.47 bits per heavy atom. The van der Waals surface area contributed by atoms with E-state index >= 15 is 0 Å². The van der Waals surface area contributed by atoms with Gasteiger partial charge in [-0.2, -0.15) is 0 Å². The number of halogens is 1. The van der Waals surface area contributed by atoms with Crippen molar-refractivity contribution in [2.24, 2.45) is 5.92 Å². The lowest BCUT2D eigenvalue weighted by Crippen LogP contribution is -2.21. The molecule has 1 aliphatic rings. The largest absolute Gasteiger partial charge is 0.494 e. The van der Waals surface area contributed by atoms with Gasteiger partial charge < -0.3 is 10.1 Å². The molecule has 104 valence electrons. The third-order valence-electron chi connectivity index (χ3n) is 3.44. The third kappa shape index (κ3) is 4.06. The molecule has 1 fully saturated rings. The maximum atomic E-state index is 13.7. The van der Waals surface area contributed by atoms with Crippen LogP contribution >= 0.6 is 0 Å². The third-order valence-corrected chi connectivity index (χ3v) is 3.44. The lowest BCUT2D eigenvalue weighted by Gasteiger charge is -2.13. The second kappa shape index (κ2) is 6.20. The lowest BCUT2D eigenvalue weighted by atomic mass is 10.00. The van der Waals surface area contributed by atoms with Crippen LogP contribution in [0, 0.1) is 11.7 Å². The highest BCUT2D eigenvalue weighted by molar-refractivity contribution is 5.55. The van der Waals surface area contributed by atoms with E-state index < -0.39 is 0 Å². The van der Waals surface area contributed by atoms with Gasteiger partial charge in [-0.3, -0.25) is 0 Å². The second-order valence-electron chi connectivity index (χ2n) is 5.42. The fourth-order valence-corrected chi connectivity index (χ4v) is 1.96. The summed E-state index contributed by atoms with van der Waals surface area (Å²) >= 11 is 0. The molecule has 0 aliphatic heterocycles. The average Bonchev–Trinajstić information content (AvgIpc) is 3.18. The summed E-state index contributed by atoms with van der Waals surface area (Å²) in [5.41, 5.74) is 2.19. The molecular weight excluding hydrogens is 241 g/mol. The molecule has 0 heterocycles. The smallest absolute Gasteiger partial charge is 0.165 e. The molecule has 0 amide bonds. The summed E-state index contributed by atoms with van der Waals surface area (Å²) in [6.45, 7) is 5.22. The Morgan fingerprint density at radius 3 is 2.74 bits per heavy atom. The first kappa shape index (κ1) is 14.1. The molecule has 0 atom stereocenters. The van der Waals surface area contributed by atoms with Gasteiger partial charge in [-0.1, -0.05) is 31.6 Å². The van der Waals surface area contributed by atoms with Gasteiger partial charge in [0.25, 0.3) is 0 Å². The van der Waals surface area contributed by atoms with Gasteiger partial charge in [0, 0.05) is 12.6 Å². The molecule has 19 heavy (non-hydrogen) atoms. The predicted molar refractivity (Wildman–Crippen MR) is 76.8 cm³/mol. The predicted octanol–water partition coefficient (Wildman–Crippen LogP) is 3.63. The van der Waals surface area contributed by atoms with E-state index in [1.807, 2.05) is 6.07 Å². The monoisotopic (exact) mass is 263 g/mol. The van der Waals surface area contributed by atoms with Gasteiger partial charge in [0.1, 0.15) is 0 Å². The zero-order valence-corrected chi connectivity index (χ0v) is 11.9. The molecule has 1 aliphatic carbocycles. The second-order valence-corrected chi connectivity index (χ2v) is 5.42. The van der Waals surface area contributed by atoms with Crippen molar-refractivity contribution in [1.29, 1.82) is 0 Å². The van der Waals surface area contributed by atoms with E-state index in [2.05, 4.69) is 25.2 Å². The van der Waals surface area contributed by atoms with Crippen LogP contribution in [-0.4, -0.2) is 19.7 Å². The van der Waals surface area contributed by atoms with Gasteiger partial charge in [0.2, 0.25) is 0 Å². The number of nitrogens with one attached hydrogen (secondary N) is 1. The molecule has 1 N–H and O–H groups in total. The van der Waals surface area contributed by atoms with Crippen LogP contribution in [0.4, 0.5) is 4.39 Å². The van der Waals surface area contributed by atoms with Crippen LogP contribution in [0.15, 0.2) is 23.8 Å². The first-order valence-corrected chi connectivity index (χ1v) is 6.87. The molecule has 1 aromatic rings. The molecule has 0 spiro atoms. The Labute approximate surface area is 114 Å². The quantitative estimate of drug-likeness (QED) is 0.846. The Hall–Kier alpha value is -1.35. The van der Waals surface area contributed by atoms with E-state index in [1.165, 1.54) is 31.6 Å². The van der Waals surface area contributed by atoms with E-state index in [1.54, 1.807) is 6.07 Å². The molecule has 0 saturated heterocycles. The van der Waals surface area contributed by atoms with Gasteiger partial charge in [-0.25, -0.2) is 4.39 Å². The summed E-state index contributed by atoms with van der Waals surface area (Å²) in [4.78, 5) is 0. The zero-order chi connectivity index (χ0) is 13.8. The highest BCUT2D eigenvalue weighted by Crippen LogP contribution is 2.23. The van der Waals surface area contributed by atoms with Crippen molar-refractivity contribution in [3.8, 4) is 5.75 Å². The van der Waals surface area contributed by atoms with Gasteiger partial charge in [0.05, 0.1) is 7.11 Å². The Balaban J connectivity index is 2.12. The van der Waals surface area contributed by atoms with Crippen LogP contribution in [0.5, 0.6) is 5.75 Å². The summed E-state index contributed by atoms with van der Waals surface area (Å²) in [5.74, 6) is 0.435. The molecule has 2 rings (SSSR count). The number of benzene rings is 1. The summed E-state index contributed by atoms with van der Waals surface area (Å²) in [5, 5.41) is 3.51. The van der Waals surface area contributed by atoms with Crippen molar-refractivity contribution in [3.63, 3.8) is 0 Å². The van der Waals surface area contributed by atoms with Crippen molar-refractivity contribution < 1.29 is 9.13 Å². The SMILES string of the molecule is COc1ccc(C=C(CNC2CC2)C(C)C)cc1F. The number of hydrogen-bond acceptors (Lipinski definition) is 2. The molecule has 0 radical (unpaired) electrons. The van der Waals surface area contributed by atoms with E-state index in [9.17, 15) is 4.39 Å². The van der Waals surface area contributed by atoms with E-state index in [0.717, 1.165) is 12.1 Å². The first-order chi connectivity index (χ1) is 9.10. The van der Waals surface area contributed by atoms with Crippen LogP contribution in [0.3, 0.4) is 0 Å². The summed E-state index contributed by atoms with van der Waals surface area (Å²) in [6.07, 6.45) is 4.63. The van der Waals surface area contributed by atoms with Crippen LogP contribution in [0.25, 0.3) is 6.08 Å².